The van der Waals surface area contributed by atoms with Crippen molar-refractivity contribution >= 4 is 35.5 Å². The van der Waals surface area contributed by atoms with Crippen LogP contribution in [0.5, 0.6) is 0 Å². The quantitative estimate of drug-likeness (QED) is 0.484. The van der Waals surface area contributed by atoms with E-state index in [9.17, 15) is 9.59 Å². The number of esters is 2. The van der Waals surface area contributed by atoms with Crippen molar-refractivity contribution < 1.29 is 14.3 Å². The van der Waals surface area contributed by atoms with Crippen molar-refractivity contribution in [2.75, 3.05) is 0 Å². The second-order valence-corrected chi connectivity index (χ2v) is 10.1. The van der Waals surface area contributed by atoms with Gasteiger partial charge in [0.1, 0.15) is 0 Å². The van der Waals surface area contributed by atoms with Crippen molar-refractivity contribution in [3.05, 3.63) is 43.2 Å². The zero-order valence-corrected chi connectivity index (χ0v) is 15.7. The summed E-state index contributed by atoms with van der Waals surface area (Å²) in [6, 6.07) is 0. The van der Waals surface area contributed by atoms with E-state index in [1.54, 1.807) is 0 Å². The number of hydrogen-bond donors (Lipinski definition) is 0. The monoisotopic (exact) mass is 346 g/mol. The summed E-state index contributed by atoms with van der Waals surface area (Å²) in [5.41, 5.74) is 5.21. The molecule has 4 aliphatic rings. The van der Waals surface area contributed by atoms with Gasteiger partial charge in [-0.05, 0) is 73.6 Å². The second-order valence-electron chi connectivity index (χ2n) is 6.81. The third-order valence-electron chi connectivity index (χ3n) is 5.73. The van der Waals surface area contributed by atoms with Crippen LogP contribution in [0.1, 0.15) is 41.5 Å². The highest BCUT2D eigenvalue weighted by atomic mass is 32.2. The van der Waals surface area contributed by atoms with Crippen molar-refractivity contribution in [2.45, 2.75) is 51.0 Å². The van der Waals surface area contributed by atoms with Crippen molar-refractivity contribution in [1.82, 2.24) is 0 Å². The summed E-state index contributed by atoms with van der Waals surface area (Å²) in [7, 11) is 0. The molecule has 0 aromatic carbocycles. The molecule has 120 valence electrons. The molecule has 4 rings (SSSR count). The summed E-state index contributed by atoms with van der Waals surface area (Å²) in [4.78, 5) is 27.3. The maximum atomic E-state index is 12.4. The first-order chi connectivity index (χ1) is 10.6. The van der Waals surface area contributed by atoms with Crippen molar-refractivity contribution in [3.8, 4) is 0 Å². The lowest BCUT2D eigenvalue weighted by Gasteiger charge is -2.46. The number of carbonyl (C=O) groups excluding carboxylic acids is 2. The van der Waals surface area contributed by atoms with Crippen LogP contribution in [0.3, 0.4) is 0 Å². The Morgan fingerprint density at radius 1 is 0.739 bits per heavy atom. The number of carbonyl (C=O) groups is 2. The summed E-state index contributed by atoms with van der Waals surface area (Å²) in [5.74, 6) is -0.976. The Labute approximate surface area is 144 Å². The van der Waals surface area contributed by atoms with E-state index in [1.807, 2.05) is 37.4 Å². The van der Waals surface area contributed by atoms with Gasteiger partial charge in [0.05, 0.1) is 20.6 Å². The van der Waals surface area contributed by atoms with Gasteiger partial charge in [-0.25, -0.2) is 9.59 Å². The lowest BCUT2D eigenvalue weighted by molar-refractivity contribution is -0.149. The SMILES string of the molecule is CC1=C(C)C2=C3C(=O)OC(=O)C3=C3C(C)=C(C)SC3(C)C2(C)S1. The molecule has 23 heavy (non-hydrogen) atoms. The Morgan fingerprint density at radius 3 is 1.43 bits per heavy atom. The number of ether oxygens (including phenoxy) is 1. The molecule has 1 fully saturated rings. The van der Waals surface area contributed by atoms with Gasteiger partial charge in [0.25, 0.3) is 0 Å². The topological polar surface area (TPSA) is 43.4 Å². The molecule has 3 heterocycles. The molecule has 0 N–H and O–H groups in total. The number of allylic oxidation sites excluding steroid dienone is 4. The molecule has 2 atom stereocenters. The molecule has 3 nitrogen and oxygen atoms in total. The summed E-state index contributed by atoms with van der Waals surface area (Å²) in [6.45, 7) is 12.7. The average molecular weight is 346 g/mol. The van der Waals surface area contributed by atoms with E-state index in [1.165, 1.54) is 9.81 Å². The van der Waals surface area contributed by atoms with Crippen LogP contribution < -0.4 is 0 Å². The van der Waals surface area contributed by atoms with E-state index >= 15 is 0 Å². The Hall–Kier alpha value is -1.20. The van der Waals surface area contributed by atoms with Crippen molar-refractivity contribution in [3.63, 3.8) is 0 Å². The van der Waals surface area contributed by atoms with Crippen LogP contribution in [0, 0.1) is 0 Å². The molecule has 0 radical (unpaired) electrons. The highest BCUT2D eigenvalue weighted by Gasteiger charge is 2.63. The molecule has 3 aliphatic heterocycles. The molecular formula is C18H18O3S2. The molecule has 0 bridgehead atoms. The summed E-state index contributed by atoms with van der Waals surface area (Å²) < 4.78 is 4.47. The minimum Gasteiger partial charge on any atom is -0.386 e. The summed E-state index contributed by atoms with van der Waals surface area (Å²) in [6.07, 6.45) is 0. The first-order valence-corrected chi connectivity index (χ1v) is 9.27. The largest absolute Gasteiger partial charge is 0.386 e. The number of rotatable bonds is 0. The average Bonchev–Trinajstić information content (AvgIpc) is 2.95. The predicted octanol–water partition coefficient (Wildman–Crippen LogP) is 4.28. The third kappa shape index (κ3) is 1.51. The summed E-state index contributed by atoms with van der Waals surface area (Å²) in [5, 5.41) is 0. The lowest BCUT2D eigenvalue weighted by atomic mass is 9.68. The van der Waals surface area contributed by atoms with Crippen LogP contribution >= 0.6 is 23.5 Å². The molecule has 1 aliphatic carbocycles. The minimum absolute atomic E-state index is 0.275. The normalized spacial score (nSPS) is 36.1. The fourth-order valence-corrected chi connectivity index (χ4v) is 7.60. The summed E-state index contributed by atoms with van der Waals surface area (Å²) >= 11 is 3.62. The number of thioether (sulfide) groups is 2. The van der Waals surface area contributed by atoms with Crippen LogP contribution in [-0.2, 0) is 14.3 Å². The van der Waals surface area contributed by atoms with Crippen LogP contribution in [0.15, 0.2) is 43.2 Å². The van der Waals surface area contributed by atoms with Gasteiger partial charge in [0.15, 0.2) is 0 Å². The Bertz CT molecular complexity index is 785. The van der Waals surface area contributed by atoms with Gasteiger partial charge in [-0.1, -0.05) is 0 Å². The lowest BCUT2D eigenvalue weighted by Crippen LogP contribution is -2.48. The molecule has 1 saturated heterocycles. The number of hydrogen-bond acceptors (Lipinski definition) is 5. The zero-order chi connectivity index (χ0) is 16.9. The van der Waals surface area contributed by atoms with E-state index in [0.29, 0.717) is 11.1 Å². The van der Waals surface area contributed by atoms with Gasteiger partial charge in [-0.2, -0.15) is 0 Å². The first kappa shape index (κ1) is 15.3. The molecule has 2 unspecified atom stereocenters. The van der Waals surface area contributed by atoms with Crippen LogP contribution in [0.4, 0.5) is 0 Å². The first-order valence-electron chi connectivity index (χ1n) is 7.63. The molecule has 0 spiro atoms. The second kappa shape index (κ2) is 4.25. The van der Waals surface area contributed by atoms with E-state index in [4.69, 9.17) is 4.74 Å². The molecule has 0 saturated carbocycles. The number of fused-ring (bicyclic) bond motifs is 4. The fourth-order valence-electron chi connectivity index (χ4n) is 4.30. The smallest absolute Gasteiger partial charge is 0.347 e. The van der Waals surface area contributed by atoms with Crippen LogP contribution in [0.2, 0.25) is 0 Å². The van der Waals surface area contributed by atoms with Gasteiger partial charge >= 0.3 is 11.9 Å². The van der Waals surface area contributed by atoms with Crippen LogP contribution in [-0.4, -0.2) is 21.4 Å². The molecular weight excluding hydrogens is 328 g/mol. The van der Waals surface area contributed by atoms with E-state index < -0.39 is 11.9 Å². The Morgan fingerprint density at radius 2 is 1.09 bits per heavy atom. The fraction of sp³-hybridized carbons (Fsp3) is 0.444. The predicted molar refractivity (Wildman–Crippen MR) is 93.9 cm³/mol. The van der Waals surface area contributed by atoms with Crippen molar-refractivity contribution in [2.24, 2.45) is 0 Å². The molecule has 5 heteroatoms. The maximum absolute atomic E-state index is 12.4. The van der Waals surface area contributed by atoms with Gasteiger partial charge in [0.2, 0.25) is 0 Å². The molecule has 0 aromatic heterocycles. The van der Waals surface area contributed by atoms with E-state index in [2.05, 4.69) is 27.7 Å². The Balaban J connectivity index is 2.18. The van der Waals surface area contributed by atoms with Gasteiger partial charge in [-0.15, -0.1) is 23.5 Å². The van der Waals surface area contributed by atoms with Crippen molar-refractivity contribution in [1.29, 1.82) is 0 Å². The zero-order valence-electron chi connectivity index (χ0n) is 14.0. The van der Waals surface area contributed by atoms with Gasteiger partial charge in [0, 0.05) is 0 Å². The highest BCUT2D eigenvalue weighted by molar-refractivity contribution is 8.09. The van der Waals surface area contributed by atoms with Gasteiger partial charge < -0.3 is 4.74 Å². The number of cyclic esters (lactones) is 2. The van der Waals surface area contributed by atoms with E-state index in [0.717, 1.165) is 22.3 Å². The third-order valence-corrected chi connectivity index (χ3v) is 9.12. The van der Waals surface area contributed by atoms with Crippen LogP contribution in [0.25, 0.3) is 0 Å². The Kier molecular flexibility index (Phi) is 2.83. The standard InChI is InChI=1S/C18H18O3S2/c1-7-9(3)22-17(5)13(7)11-12(16(20)21-15(11)19)14-8(2)10(4)23-18(14,17)6/h1-6H3. The molecule has 0 aromatic rings. The maximum Gasteiger partial charge on any atom is 0.347 e. The highest BCUT2D eigenvalue weighted by Crippen LogP contribution is 2.70. The minimum atomic E-state index is -0.488. The van der Waals surface area contributed by atoms with Gasteiger partial charge in [-0.3, -0.25) is 0 Å². The van der Waals surface area contributed by atoms with E-state index in [-0.39, 0.29) is 9.49 Å². The molecule has 0 amide bonds.